The van der Waals surface area contributed by atoms with Crippen LogP contribution in [-0.2, 0) is 6.54 Å². The lowest BCUT2D eigenvalue weighted by Crippen LogP contribution is -2.35. The third kappa shape index (κ3) is 6.77. The van der Waals surface area contributed by atoms with Crippen LogP contribution in [0.1, 0.15) is 41.9 Å². The first-order chi connectivity index (χ1) is 18.6. The molecule has 5 heteroatoms. The summed E-state index contributed by atoms with van der Waals surface area (Å²) in [6.45, 7) is 9.16. The predicted octanol–water partition coefficient (Wildman–Crippen LogP) is 4.47. The Hall–Kier alpha value is -4.18. The first kappa shape index (κ1) is 25.5. The van der Waals surface area contributed by atoms with Crippen LogP contribution in [0.15, 0.2) is 85.6 Å². The van der Waals surface area contributed by atoms with E-state index in [0.29, 0.717) is 12.6 Å². The van der Waals surface area contributed by atoms with Crippen LogP contribution in [0.2, 0.25) is 0 Å². The molecule has 2 aliphatic rings. The normalized spacial score (nSPS) is 15.1. The number of anilines is 1. The van der Waals surface area contributed by atoms with E-state index in [1.54, 1.807) is 0 Å². The molecule has 0 bridgehead atoms. The maximum absolute atomic E-state index is 4.93. The lowest BCUT2D eigenvalue weighted by atomic mass is 10.0. The zero-order valence-electron chi connectivity index (χ0n) is 22.0. The standard InChI is InChI=1S/C33H35N5/c1-24(7-6-18-35-23-31-11-3-8-25(2)36-31)27-15-14-26-9-4-10-28(22-29(26)21-27)32-12-5-13-33(38-32)37-30-16-19-34-20-17-30/h3-6,8,10-15,18,21-22,30,34-35H,1,7,16-17,19-20,23H2,2H3,(H,37,38)/b18-6+. The summed E-state index contributed by atoms with van der Waals surface area (Å²) in [5, 5.41) is 12.5. The third-order valence-electron chi connectivity index (χ3n) is 6.84. The molecule has 38 heavy (non-hydrogen) atoms. The van der Waals surface area contributed by atoms with Gasteiger partial charge in [-0.2, -0.15) is 0 Å². The van der Waals surface area contributed by atoms with Crippen LogP contribution in [0.5, 0.6) is 0 Å². The number of hydrogen-bond donors (Lipinski definition) is 3. The van der Waals surface area contributed by atoms with E-state index in [0.717, 1.165) is 82.4 Å². The molecule has 0 atom stereocenters. The van der Waals surface area contributed by atoms with Crippen LogP contribution >= 0.6 is 0 Å². The zero-order chi connectivity index (χ0) is 26.2. The van der Waals surface area contributed by atoms with Gasteiger partial charge < -0.3 is 16.0 Å². The van der Waals surface area contributed by atoms with Crippen LogP contribution in [0.3, 0.4) is 0 Å². The molecule has 1 saturated heterocycles. The van der Waals surface area contributed by atoms with Crippen molar-refractivity contribution in [2.24, 2.45) is 0 Å². The minimum atomic E-state index is 0.470. The topological polar surface area (TPSA) is 61.9 Å². The summed E-state index contributed by atoms with van der Waals surface area (Å²) in [7, 11) is 0. The Bertz CT molecular complexity index is 1520. The van der Waals surface area contributed by atoms with Crippen LogP contribution in [0.4, 0.5) is 5.82 Å². The molecule has 3 aromatic rings. The first-order valence-corrected chi connectivity index (χ1v) is 13.4. The lowest BCUT2D eigenvalue weighted by molar-refractivity contribution is 0.478. The van der Waals surface area contributed by atoms with Gasteiger partial charge in [0, 0.05) is 22.5 Å². The average molecular weight is 502 g/mol. The fraction of sp³-hybridized carbons (Fsp3) is 0.242. The third-order valence-corrected chi connectivity index (χ3v) is 6.84. The van der Waals surface area contributed by atoms with E-state index in [4.69, 9.17) is 4.98 Å². The Morgan fingerprint density at radius 1 is 1.11 bits per heavy atom. The van der Waals surface area contributed by atoms with E-state index in [1.165, 1.54) is 0 Å². The molecule has 1 aromatic carbocycles. The van der Waals surface area contributed by atoms with Gasteiger partial charge >= 0.3 is 0 Å². The molecule has 1 aliphatic carbocycles. The minimum Gasteiger partial charge on any atom is -0.385 e. The SMILES string of the molecule is C=C(C/C=C/NCc1cccc(C)n1)c1ccc2c(c1)=CC(c1cccc(NC3CCNCC3)n1)=CC=C=2. The molecule has 0 radical (unpaired) electrons. The maximum Gasteiger partial charge on any atom is 0.126 e. The van der Waals surface area contributed by atoms with Crippen molar-refractivity contribution in [1.29, 1.82) is 0 Å². The Morgan fingerprint density at radius 3 is 2.84 bits per heavy atom. The van der Waals surface area contributed by atoms with Gasteiger partial charge in [0.05, 0.1) is 17.9 Å². The highest BCUT2D eigenvalue weighted by atomic mass is 15.0. The van der Waals surface area contributed by atoms with E-state index < -0.39 is 0 Å². The fourth-order valence-corrected chi connectivity index (χ4v) is 4.74. The molecule has 3 heterocycles. The number of hydrogen-bond acceptors (Lipinski definition) is 5. The number of nitrogens with zero attached hydrogens (tertiary/aromatic N) is 2. The van der Waals surface area contributed by atoms with E-state index in [9.17, 15) is 0 Å². The second kappa shape index (κ2) is 12.4. The van der Waals surface area contributed by atoms with Gasteiger partial charge in [-0.15, -0.1) is 5.73 Å². The Labute approximate surface area is 225 Å². The van der Waals surface area contributed by atoms with E-state index in [1.807, 2.05) is 37.4 Å². The van der Waals surface area contributed by atoms with Gasteiger partial charge in [-0.3, -0.25) is 4.98 Å². The molecule has 0 spiro atoms. The van der Waals surface area contributed by atoms with Crippen LogP contribution in [0, 0.1) is 6.92 Å². The number of allylic oxidation sites excluding steroid dienone is 5. The summed E-state index contributed by atoms with van der Waals surface area (Å²) in [5.41, 5.74) is 9.69. The fourth-order valence-electron chi connectivity index (χ4n) is 4.74. The molecular weight excluding hydrogens is 466 g/mol. The molecule has 2 aromatic heterocycles. The van der Waals surface area contributed by atoms with Crippen molar-refractivity contribution >= 4 is 28.8 Å². The van der Waals surface area contributed by atoms with Gasteiger partial charge in [0.15, 0.2) is 0 Å². The second-order valence-corrected chi connectivity index (χ2v) is 9.82. The van der Waals surface area contributed by atoms with Gasteiger partial charge in [-0.25, -0.2) is 4.98 Å². The smallest absolute Gasteiger partial charge is 0.126 e. The van der Waals surface area contributed by atoms with Crippen LogP contribution in [0.25, 0.3) is 23.0 Å². The highest BCUT2D eigenvalue weighted by Crippen LogP contribution is 2.19. The van der Waals surface area contributed by atoms with Gasteiger partial charge in [-0.1, -0.05) is 30.9 Å². The van der Waals surface area contributed by atoms with Crippen LogP contribution < -0.4 is 26.4 Å². The summed E-state index contributed by atoms with van der Waals surface area (Å²) in [6.07, 6.45) is 13.4. The van der Waals surface area contributed by atoms with Crippen molar-refractivity contribution in [1.82, 2.24) is 20.6 Å². The number of benzene rings is 1. The average Bonchev–Trinajstić information content (AvgIpc) is 3.16. The number of nitrogens with one attached hydrogen (secondary N) is 3. The summed E-state index contributed by atoms with van der Waals surface area (Å²) in [6, 6.07) is 19.2. The van der Waals surface area contributed by atoms with Crippen molar-refractivity contribution in [2.45, 2.75) is 38.8 Å². The lowest BCUT2D eigenvalue weighted by Gasteiger charge is -2.24. The second-order valence-electron chi connectivity index (χ2n) is 9.82. The van der Waals surface area contributed by atoms with E-state index in [-0.39, 0.29) is 0 Å². The number of piperidine rings is 1. The zero-order valence-corrected chi connectivity index (χ0v) is 22.0. The maximum atomic E-state index is 4.93. The molecule has 1 aliphatic heterocycles. The molecule has 0 saturated carbocycles. The number of aromatic nitrogens is 2. The van der Waals surface area contributed by atoms with Crippen molar-refractivity contribution in [2.75, 3.05) is 18.4 Å². The molecule has 5 nitrogen and oxygen atoms in total. The molecule has 1 fully saturated rings. The van der Waals surface area contributed by atoms with Gasteiger partial charge in [0.25, 0.3) is 0 Å². The minimum absolute atomic E-state index is 0.470. The number of aryl methyl sites for hydroxylation is 1. The monoisotopic (exact) mass is 501 g/mol. The quantitative estimate of drug-likeness (QED) is 0.404. The predicted molar refractivity (Wildman–Crippen MR) is 158 cm³/mol. The molecule has 3 N–H and O–H groups in total. The van der Waals surface area contributed by atoms with Crippen molar-refractivity contribution < 1.29 is 0 Å². The molecular formula is C33H35N5. The van der Waals surface area contributed by atoms with Crippen molar-refractivity contribution in [3.63, 3.8) is 0 Å². The molecule has 0 unspecified atom stereocenters. The molecule has 192 valence electrons. The highest BCUT2D eigenvalue weighted by Gasteiger charge is 2.13. The highest BCUT2D eigenvalue weighted by molar-refractivity contribution is 5.89. The largest absolute Gasteiger partial charge is 0.385 e. The number of rotatable bonds is 9. The van der Waals surface area contributed by atoms with Crippen molar-refractivity contribution in [3.05, 3.63) is 119 Å². The van der Waals surface area contributed by atoms with E-state index in [2.05, 4.69) is 87.9 Å². The van der Waals surface area contributed by atoms with Crippen molar-refractivity contribution in [3.8, 4) is 0 Å². The van der Waals surface area contributed by atoms with Gasteiger partial charge in [0.1, 0.15) is 5.82 Å². The van der Waals surface area contributed by atoms with Gasteiger partial charge in [0.2, 0.25) is 0 Å². The van der Waals surface area contributed by atoms with Gasteiger partial charge in [-0.05, 0) is 116 Å². The van der Waals surface area contributed by atoms with E-state index >= 15 is 0 Å². The summed E-state index contributed by atoms with van der Waals surface area (Å²) in [4.78, 5) is 9.45. The molecule has 5 rings (SSSR count). The summed E-state index contributed by atoms with van der Waals surface area (Å²) >= 11 is 0. The number of fused-ring (bicyclic) bond motifs is 1. The Balaban J connectivity index is 1.26. The number of pyridine rings is 2. The Kier molecular flexibility index (Phi) is 8.29. The molecule has 0 amide bonds. The summed E-state index contributed by atoms with van der Waals surface area (Å²) in [5.74, 6) is 0.932. The first-order valence-electron chi connectivity index (χ1n) is 13.4. The summed E-state index contributed by atoms with van der Waals surface area (Å²) < 4.78 is 0. The Morgan fingerprint density at radius 2 is 1.97 bits per heavy atom. The van der Waals surface area contributed by atoms with Crippen LogP contribution in [-0.4, -0.2) is 29.1 Å².